The van der Waals surface area contributed by atoms with E-state index < -0.39 is 5.97 Å². The third-order valence-corrected chi connectivity index (χ3v) is 3.36. The molecule has 0 aliphatic rings. The molecule has 0 radical (unpaired) electrons. The van der Waals surface area contributed by atoms with Crippen molar-refractivity contribution in [3.8, 4) is 11.4 Å². The first kappa shape index (κ1) is 14.4. The van der Waals surface area contributed by atoms with Gasteiger partial charge in [0.25, 0.3) is 0 Å². The SMILES string of the molecule is CC(C)(C)n1c(SCC(=O)O)nnc1-c1cncnc1. The van der Waals surface area contributed by atoms with Gasteiger partial charge in [0.15, 0.2) is 11.0 Å². The van der Waals surface area contributed by atoms with Gasteiger partial charge in [-0.15, -0.1) is 10.2 Å². The van der Waals surface area contributed by atoms with Crippen molar-refractivity contribution in [3.05, 3.63) is 18.7 Å². The first-order valence-electron chi connectivity index (χ1n) is 5.95. The molecular formula is C12H15N5O2S. The van der Waals surface area contributed by atoms with Gasteiger partial charge in [0.2, 0.25) is 0 Å². The van der Waals surface area contributed by atoms with Crippen LogP contribution in [-0.2, 0) is 10.3 Å². The van der Waals surface area contributed by atoms with Crippen LogP contribution in [-0.4, -0.2) is 41.6 Å². The van der Waals surface area contributed by atoms with Gasteiger partial charge in [-0.2, -0.15) is 0 Å². The Balaban J connectivity index is 2.46. The molecule has 0 fully saturated rings. The van der Waals surface area contributed by atoms with Gasteiger partial charge in [-0.3, -0.25) is 9.36 Å². The monoisotopic (exact) mass is 293 g/mol. The zero-order valence-corrected chi connectivity index (χ0v) is 12.3. The van der Waals surface area contributed by atoms with Crippen LogP contribution in [0.1, 0.15) is 20.8 Å². The van der Waals surface area contributed by atoms with Gasteiger partial charge < -0.3 is 5.11 Å². The van der Waals surface area contributed by atoms with Crippen LogP contribution in [0.15, 0.2) is 23.9 Å². The van der Waals surface area contributed by atoms with Gasteiger partial charge in [-0.1, -0.05) is 11.8 Å². The summed E-state index contributed by atoms with van der Waals surface area (Å²) in [6.45, 7) is 6.03. The van der Waals surface area contributed by atoms with Crippen molar-refractivity contribution in [3.63, 3.8) is 0 Å². The van der Waals surface area contributed by atoms with Crippen molar-refractivity contribution in [2.75, 3.05) is 5.75 Å². The van der Waals surface area contributed by atoms with Crippen LogP contribution in [0.5, 0.6) is 0 Å². The van der Waals surface area contributed by atoms with E-state index >= 15 is 0 Å². The molecule has 0 saturated carbocycles. The molecule has 0 atom stereocenters. The molecule has 0 unspecified atom stereocenters. The Labute approximate surface area is 120 Å². The summed E-state index contributed by atoms with van der Waals surface area (Å²) in [5, 5.41) is 17.6. The number of thioether (sulfide) groups is 1. The van der Waals surface area contributed by atoms with E-state index in [9.17, 15) is 4.79 Å². The van der Waals surface area contributed by atoms with Crippen LogP contribution in [0.4, 0.5) is 0 Å². The Bertz CT molecular complexity index is 606. The molecule has 0 aliphatic carbocycles. The van der Waals surface area contributed by atoms with Crippen LogP contribution in [0.2, 0.25) is 0 Å². The lowest BCUT2D eigenvalue weighted by molar-refractivity contribution is -0.133. The highest BCUT2D eigenvalue weighted by molar-refractivity contribution is 7.99. The van der Waals surface area contributed by atoms with Crippen molar-refractivity contribution in [1.29, 1.82) is 0 Å². The molecule has 2 rings (SSSR count). The fourth-order valence-electron chi connectivity index (χ4n) is 1.70. The quantitative estimate of drug-likeness (QED) is 0.857. The van der Waals surface area contributed by atoms with Crippen LogP contribution in [0.25, 0.3) is 11.4 Å². The molecule has 0 saturated heterocycles. The summed E-state index contributed by atoms with van der Waals surface area (Å²) in [6.07, 6.45) is 4.76. The summed E-state index contributed by atoms with van der Waals surface area (Å²) in [5.74, 6) is -0.312. The standard InChI is InChI=1S/C12H15N5O2S/c1-12(2,3)17-10(8-4-13-7-14-5-8)15-16-11(17)20-6-9(18)19/h4-5,7H,6H2,1-3H3,(H,18,19). The van der Waals surface area contributed by atoms with Crippen molar-refractivity contribution in [1.82, 2.24) is 24.7 Å². The number of aliphatic carboxylic acids is 1. The van der Waals surface area contributed by atoms with Crippen LogP contribution in [0.3, 0.4) is 0 Å². The maximum atomic E-state index is 10.7. The topological polar surface area (TPSA) is 93.8 Å². The number of carbonyl (C=O) groups is 1. The van der Waals surface area contributed by atoms with E-state index in [2.05, 4.69) is 20.2 Å². The molecule has 0 aliphatic heterocycles. The number of carboxylic acids is 1. The number of hydrogen-bond donors (Lipinski definition) is 1. The molecule has 0 spiro atoms. The molecule has 1 N–H and O–H groups in total. The first-order valence-corrected chi connectivity index (χ1v) is 6.94. The van der Waals surface area contributed by atoms with Gasteiger partial charge in [0, 0.05) is 17.9 Å². The van der Waals surface area contributed by atoms with Crippen LogP contribution in [0, 0.1) is 0 Å². The lowest BCUT2D eigenvalue weighted by Gasteiger charge is -2.24. The Kier molecular flexibility index (Phi) is 4.03. The zero-order chi connectivity index (χ0) is 14.8. The van der Waals surface area contributed by atoms with E-state index in [1.54, 1.807) is 12.4 Å². The molecule has 8 heteroatoms. The second kappa shape index (κ2) is 5.58. The third-order valence-electron chi connectivity index (χ3n) is 2.45. The van der Waals surface area contributed by atoms with Crippen molar-refractivity contribution in [2.45, 2.75) is 31.5 Å². The Morgan fingerprint density at radius 1 is 1.30 bits per heavy atom. The Hall–Kier alpha value is -1.96. The highest BCUT2D eigenvalue weighted by Gasteiger charge is 2.24. The van der Waals surface area contributed by atoms with Crippen LogP contribution < -0.4 is 0 Å². The fraction of sp³-hybridized carbons (Fsp3) is 0.417. The van der Waals surface area contributed by atoms with Crippen molar-refractivity contribution < 1.29 is 9.90 Å². The van der Waals surface area contributed by atoms with Gasteiger partial charge >= 0.3 is 5.97 Å². The summed E-state index contributed by atoms with van der Waals surface area (Å²) >= 11 is 1.15. The Morgan fingerprint density at radius 3 is 2.50 bits per heavy atom. The molecule has 2 heterocycles. The number of aromatic nitrogens is 5. The minimum atomic E-state index is -0.886. The molecular weight excluding hydrogens is 278 g/mol. The van der Waals surface area contributed by atoms with Gasteiger partial charge in [-0.25, -0.2) is 9.97 Å². The summed E-state index contributed by atoms with van der Waals surface area (Å²) < 4.78 is 1.90. The molecule has 0 amide bonds. The smallest absolute Gasteiger partial charge is 0.313 e. The number of rotatable bonds is 4. The number of carboxylic acid groups (broad SMARTS) is 1. The van der Waals surface area contributed by atoms with E-state index in [1.807, 2.05) is 25.3 Å². The van der Waals surface area contributed by atoms with Gasteiger partial charge in [-0.05, 0) is 20.8 Å². The third kappa shape index (κ3) is 3.13. The average molecular weight is 293 g/mol. The summed E-state index contributed by atoms with van der Waals surface area (Å²) in [6, 6.07) is 0. The first-order chi connectivity index (χ1) is 9.39. The summed E-state index contributed by atoms with van der Waals surface area (Å²) in [4.78, 5) is 18.7. The summed E-state index contributed by atoms with van der Waals surface area (Å²) in [5.41, 5.74) is 0.465. The van der Waals surface area contributed by atoms with Crippen LogP contribution >= 0.6 is 11.8 Å². The zero-order valence-electron chi connectivity index (χ0n) is 11.4. The van der Waals surface area contributed by atoms with Gasteiger partial charge in [0.1, 0.15) is 6.33 Å². The Morgan fingerprint density at radius 2 is 1.95 bits per heavy atom. The molecule has 0 aromatic carbocycles. The van der Waals surface area contributed by atoms with E-state index in [-0.39, 0.29) is 11.3 Å². The van der Waals surface area contributed by atoms with E-state index in [0.717, 1.165) is 17.3 Å². The maximum Gasteiger partial charge on any atom is 0.313 e. The van der Waals surface area contributed by atoms with E-state index in [0.29, 0.717) is 11.0 Å². The minimum Gasteiger partial charge on any atom is -0.481 e. The molecule has 2 aromatic heterocycles. The molecule has 7 nitrogen and oxygen atoms in total. The average Bonchev–Trinajstić information content (AvgIpc) is 2.81. The predicted molar refractivity (Wildman–Crippen MR) is 74.4 cm³/mol. The van der Waals surface area contributed by atoms with Crippen molar-refractivity contribution >= 4 is 17.7 Å². The largest absolute Gasteiger partial charge is 0.481 e. The predicted octanol–water partition coefficient (Wildman–Crippen LogP) is 1.67. The maximum absolute atomic E-state index is 10.7. The second-order valence-corrected chi connectivity index (χ2v) is 6.06. The van der Waals surface area contributed by atoms with E-state index in [4.69, 9.17) is 5.11 Å². The summed E-state index contributed by atoms with van der Waals surface area (Å²) in [7, 11) is 0. The van der Waals surface area contributed by atoms with E-state index in [1.165, 1.54) is 6.33 Å². The lowest BCUT2D eigenvalue weighted by Crippen LogP contribution is -2.24. The molecule has 20 heavy (non-hydrogen) atoms. The minimum absolute atomic E-state index is 0.0560. The number of hydrogen-bond acceptors (Lipinski definition) is 6. The van der Waals surface area contributed by atoms with Gasteiger partial charge in [0.05, 0.1) is 11.3 Å². The van der Waals surface area contributed by atoms with Crippen molar-refractivity contribution in [2.24, 2.45) is 0 Å². The molecule has 106 valence electrons. The lowest BCUT2D eigenvalue weighted by atomic mass is 10.1. The normalized spacial score (nSPS) is 11.6. The molecule has 0 bridgehead atoms. The second-order valence-electron chi connectivity index (χ2n) is 5.12. The molecule has 2 aromatic rings. The fourth-order valence-corrected chi connectivity index (χ4v) is 2.54. The number of nitrogens with zero attached hydrogens (tertiary/aromatic N) is 5. The highest BCUT2D eigenvalue weighted by atomic mass is 32.2. The highest BCUT2D eigenvalue weighted by Crippen LogP contribution is 2.29.